The van der Waals surface area contributed by atoms with Crippen molar-refractivity contribution in [2.45, 2.75) is 6.54 Å². The number of rotatable bonds is 4. The molecule has 1 amide bonds. The predicted octanol–water partition coefficient (Wildman–Crippen LogP) is 1.39. The second-order valence-electron chi connectivity index (χ2n) is 5.87. The van der Waals surface area contributed by atoms with Gasteiger partial charge in [-0.2, -0.15) is 5.10 Å². The van der Waals surface area contributed by atoms with Crippen LogP contribution in [0.15, 0.2) is 30.5 Å². The molecule has 3 heterocycles. The monoisotopic (exact) mass is 328 g/mol. The molecule has 24 heavy (non-hydrogen) atoms. The third-order valence-electron chi connectivity index (χ3n) is 4.43. The van der Waals surface area contributed by atoms with Crippen LogP contribution in [0.1, 0.15) is 10.5 Å². The first-order valence-electron chi connectivity index (χ1n) is 8.13. The fraction of sp³-hybridized carbons (Fsp3) is 0.412. The zero-order chi connectivity index (χ0) is 16.5. The Balaban J connectivity index is 1.63. The molecule has 0 fully saturated rings. The highest BCUT2D eigenvalue weighted by Gasteiger charge is 2.32. The van der Waals surface area contributed by atoms with Crippen molar-refractivity contribution in [1.82, 2.24) is 9.78 Å². The number of para-hydroxylation sites is 1. The second-order valence-corrected chi connectivity index (χ2v) is 5.87. The Morgan fingerprint density at radius 1 is 1.29 bits per heavy atom. The lowest BCUT2D eigenvalue weighted by atomic mass is 10.1. The average molecular weight is 328 g/mol. The summed E-state index contributed by atoms with van der Waals surface area (Å²) in [6.45, 7) is 4.21. The van der Waals surface area contributed by atoms with E-state index in [9.17, 15) is 4.79 Å². The second kappa shape index (κ2) is 6.16. The molecule has 7 nitrogen and oxygen atoms in total. The van der Waals surface area contributed by atoms with Gasteiger partial charge in [-0.15, -0.1) is 0 Å². The Hall–Kier alpha value is -2.54. The molecule has 1 aromatic carbocycles. The number of benzene rings is 1. The normalized spacial score (nSPS) is 15.9. The van der Waals surface area contributed by atoms with E-state index in [-0.39, 0.29) is 5.91 Å². The van der Waals surface area contributed by atoms with Crippen LogP contribution in [-0.4, -0.2) is 55.6 Å². The van der Waals surface area contributed by atoms with E-state index in [0.717, 1.165) is 30.2 Å². The van der Waals surface area contributed by atoms with Crippen molar-refractivity contribution >= 4 is 17.3 Å². The van der Waals surface area contributed by atoms with E-state index in [4.69, 9.17) is 9.47 Å². The number of ether oxygens (including phenoxy) is 2. The summed E-state index contributed by atoms with van der Waals surface area (Å²) < 4.78 is 12.5. The SMILES string of the molecule is COCCn1ccc(C(=O)N2CCN3CCOc4cccc2c43)n1. The average Bonchev–Trinajstić information content (AvgIpc) is 3.09. The van der Waals surface area contributed by atoms with Gasteiger partial charge in [-0.25, -0.2) is 0 Å². The zero-order valence-electron chi connectivity index (χ0n) is 13.6. The summed E-state index contributed by atoms with van der Waals surface area (Å²) in [4.78, 5) is 17.0. The van der Waals surface area contributed by atoms with Gasteiger partial charge < -0.3 is 19.3 Å². The highest BCUT2D eigenvalue weighted by molar-refractivity contribution is 6.07. The largest absolute Gasteiger partial charge is 0.489 e. The van der Waals surface area contributed by atoms with Gasteiger partial charge >= 0.3 is 0 Å². The minimum absolute atomic E-state index is 0.0789. The van der Waals surface area contributed by atoms with Crippen molar-refractivity contribution < 1.29 is 14.3 Å². The maximum atomic E-state index is 12.9. The molecule has 0 bridgehead atoms. The highest BCUT2D eigenvalue weighted by Crippen LogP contribution is 2.42. The number of carbonyl (C=O) groups is 1. The van der Waals surface area contributed by atoms with Crippen molar-refractivity contribution in [2.75, 3.05) is 49.8 Å². The summed E-state index contributed by atoms with van der Waals surface area (Å²) in [5, 5.41) is 4.37. The van der Waals surface area contributed by atoms with Gasteiger partial charge in [0.15, 0.2) is 5.69 Å². The van der Waals surface area contributed by atoms with E-state index >= 15 is 0 Å². The summed E-state index contributed by atoms with van der Waals surface area (Å²) in [6, 6.07) is 7.62. The lowest BCUT2D eigenvalue weighted by Crippen LogP contribution is -2.47. The summed E-state index contributed by atoms with van der Waals surface area (Å²) >= 11 is 0. The van der Waals surface area contributed by atoms with Crippen LogP contribution in [0.2, 0.25) is 0 Å². The molecule has 0 saturated carbocycles. The smallest absolute Gasteiger partial charge is 0.278 e. The molecule has 0 spiro atoms. The fourth-order valence-electron chi connectivity index (χ4n) is 3.24. The van der Waals surface area contributed by atoms with Crippen LogP contribution in [0.4, 0.5) is 11.4 Å². The van der Waals surface area contributed by atoms with Gasteiger partial charge in [-0.05, 0) is 18.2 Å². The van der Waals surface area contributed by atoms with Gasteiger partial charge in [-0.1, -0.05) is 6.07 Å². The molecular formula is C17H20N4O3. The molecule has 0 aliphatic carbocycles. The summed E-state index contributed by atoms with van der Waals surface area (Å²) in [5.41, 5.74) is 2.37. The summed E-state index contributed by atoms with van der Waals surface area (Å²) in [5.74, 6) is 0.770. The van der Waals surface area contributed by atoms with Crippen LogP contribution < -0.4 is 14.5 Å². The Labute approximate surface area is 140 Å². The van der Waals surface area contributed by atoms with Gasteiger partial charge in [0.2, 0.25) is 0 Å². The van der Waals surface area contributed by atoms with Crippen molar-refractivity contribution in [3.8, 4) is 5.75 Å². The van der Waals surface area contributed by atoms with Crippen LogP contribution in [0, 0.1) is 0 Å². The number of anilines is 2. The molecule has 2 aromatic rings. The zero-order valence-corrected chi connectivity index (χ0v) is 13.6. The summed E-state index contributed by atoms with van der Waals surface area (Å²) in [7, 11) is 1.65. The standard InChI is InChI=1S/C17H20N4O3/c1-23-11-10-20-6-5-13(18-20)17(22)21-8-7-19-9-12-24-15-4-2-3-14(21)16(15)19/h2-6H,7-12H2,1H3. The Morgan fingerprint density at radius 2 is 2.21 bits per heavy atom. The predicted molar refractivity (Wildman–Crippen MR) is 89.9 cm³/mol. The highest BCUT2D eigenvalue weighted by atomic mass is 16.5. The molecule has 0 radical (unpaired) electrons. The fourth-order valence-corrected chi connectivity index (χ4v) is 3.24. The van der Waals surface area contributed by atoms with Crippen LogP contribution in [-0.2, 0) is 11.3 Å². The number of aromatic nitrogens is 2. The topological polar surface area (TPSA) is 59.8 Å². The van der Waals surface area contributed by atoms with Gasteiger partial charge in [0.05, 0.1) is 25.4 Å². The van der Waals surface area contributed by atoms with Gasteiger partial charge in [0.25, 0.3) is 5.91 Å². The van der Waals surface area contributed by atoms with Crippen LogP contribution in [0.5, 0.6) is 5.75 Å². The van der Waals surface area contributed by atoms with E-state index in [0.29, 0.717) is 32.0 Å². The lowest BCUT2D eigenvalue weighted by molar-refractivity contribution is 0.0980. The van der Waals surface area contributed by atoms with Crippen LogP contribution in [0.25, 0.3) is 0 Å². The third-order valence-corrected chi connectivity index (χ3v) is 4.43. The van der Waals surface area contributed by atoms with E-state index < -0.39 is 0 Å². The number of methoxy groups -OCH3 is 1. The Morgan fingerprint density at radius 3 is 3.08 bits per heavy atom. The Bertz CT molecular complexity index is 758. The lowest BCUT2D eigenvalue weighted by Gasteiger charge is -2.40. The van der Waals surface area contributed by atoms with Gasteiger partial charge in [0.1, 0.15) is 18.0 Å². The van der Waals surface area contributed by atoms with E-state index in [1.807, 2.05) is 24.4 Å². The molecule has 1 aromatic heterocycles. The van der Waals surface area contributed by atoms with Crippen LogP contribution in [0.3, 0.4) is 0 Å². The first kappa shape index (κ1) is 15.0. The van der Waals surface area contributed by atoms with Crippen molar-refractivity contribution in [3.63, 3.8) is 0 Å². The number of amides is 1. The molecule has 2 aliphatic rings. The van der Waals surface area contributed by atoms with Gasteiger partial charge in [-0.3, -0.25) is 9.48 Å². The first-order chi connectivity index (χ1) is 11.8. The molecule has 0 saturated heterocycles. The molecule has 7 heteroatoms. The molecule has 0 N–H and O–H groups in total. The van der Waals surface area contributed by atoms with Crippen molar-refractivity contribution in [2.24, 2.45) is 0 Å². The molecule has 0 unspecified atom stereocenters. The van der Waals surface area contributed by atoms with E-state index in [2.05, 4.69) is 10.00 Å². The Kier molecular flexibility index (Phi) is 3.86. The first-order valence-corrected chi connectivity index (χ1v) is 8.13. The van der Waals surface area contributed by atoms with Crippen molar-refractivity contribution in [1.29, 1.82) is 0 Å². The number of nitrogens with zero attached hydrogens (tertiary/aromatic N) is 4. The molecular weight excluding hydrogens is 308 g/mol. The minimum Gasteiger partial charge on any atom is -0.489 e. The maximum Gasteiger partial charge on any atom is 0.278 e. The van der Waals surface area contributed by atoms with E-state index in [1.165, 1.54) is 0 Å². The van der Waals surface area contributed by atoms with Crippen molar-refractivity contribution in [3.05, 3.63) is 36.2 Å². The molecule has 4 rings (SSSR count). The maximum absolute atomic E-state index is 12.9. The quantitative estimate of drug-likeness (QED) is 0.849. The number of hydrogen-bond donors (Lipinski definition) is 0. The third kappa shape index (κ3) is 2.50. The molecule has 126 valence electrons. The van der Waals surface area contributed by atoms with E-state index in [1.54, 1.807) is 22.8 Å². The molecule has 2 aliphatic heterocycles. The number of hydrogen-bond acceptors (Lipinski definition) is 5. The number of carbonyl (C=O) groups excluding carboxylic acids is 1. The summed E-state index contributed by atoms with van der Waals surface area (Å²) in [6.07, 6.45) is 1.81. The molecule has 0 atom stereocenters. The van der Waals surface area contributed by atoms with Gasteiger partial charge in [0, 0.05) is 26.4 Å². The van der Waals surface area contributed by atoms with Crippen LogP contribution >= 0.6 is 0 Å². The minimum atomic E-state index is -0.0789.